The van der Waals surface area contributed by atoms with Crippen molar-refractivity contribution in [2.24, 2.45) is 5.92 Å². The SMILES string of the molecule is COc1ccc(C(=O)O)c2c1N(Cl)C(C(C)C)N2. The molecular formula is C12H15ClN2O3. The number of halogens is 1. The van der Waals surface area contributed by atoms with Crippen molar-refractivity contribution < 1.29 is 14.6 Å². The molecule has 1 aliphatic rings. The summed E-state index contributed by atoms with van der Waals surface area (Å²) in [7, 11) is 1.53. The average Bonchev–Trinajstić information content (AvgIpc) is 2.66. The Bertz CT molecular complexity index is 490. The van der Waals surface area contributed by atoms with Gasteiger partial charge in [0.1, 0.15) is 17.6 Å². The van der Waals surface area contributed by atoms with Gasteiger partial charge in [0, 0.05) is 11.8 Å². The molecule has 1 atom stereocenters. The summed E-state index contributed by atoms with van der Waals surface area (Å²) >= 11 is 6.26. The minimum Gasteiger partial charge on any atom is -0.494 e. The second kappa shape index (κ2) is 4.57. The number of carbonyl (C=O) groups is 1. The van der Waals surface area contributed by atoms with Crippen LogP contribution in [0.3, 0.4) is 0 Å². The van der Waals surface area contributed by atoms with E-state index in [1.165, 1.54) is 17.6 Å². The highest BCUT2D eigenvalue weighted by molar-refractivity contribution is 6.29. The van der Waals surface area contributed by atoms with Crippen LogP contribution in [-0.4, -0.2) is 24.4 Å². The van der Waals surface area contributed by atoms with E-state index in [2.05, 4.69) is 5.32 Å². The van der Waals surface area contributed by atoms with E-state index in [4.69, 9.17) is 16.5 Å². The van der Waals surface area contributed by atoms with E-state index in [-0.39, 0.29) is 17.6 Å². The lowest BCUT2D eigenvalue weighted by molar-refractivity contribution is 0.0698. The van der Waals surface area contributed by atoms with Gasteiger partial charge in [0.2, 0.25) is 0 Å². The van der Waals surface area contributed by atoms with Crippen LogP contribution in [-0.2, 0) is 0 Å². The number of ether oxygens (including phenoxy) is 1. The van der Waals surface area contributed by atoms with Gasteiger partial charge < -0.3 is 15.2 Å². The minimum atomic E-state index is -0.990. The van der Waals surface area contributed by atoms with Crippen LogP contribution in [0.4, 0.5) is 11.4 Å². The molecule has 1 aliphatic heterocycles. The molecule has 0 fully saturated rings. The Morgan fingerprint density at radius 2 is 2.22 bits per heavy atom. The van der Waals surface area contributed by atoms with Crippen molar-refractivity contribution in [2.75, 3.05) is 16.8 Å². The molecule has 6 heteroatoms. The van der Waals surface area contributed by atoms with Crippen LogP contribution in [0.1, 0.15) is 24.2 Å². The molecule has 0 radical (unpaired) electrons. The van der Waals surface area contributed by atoms with Crippen LogP contribution in [0.15, 0.2) is 12.1 Å². The van der Waals surface area contributed by atoms with E-state index < -0.39 is 5.97 Å². The highest BCUT2D eigenvalue weighted by Crippen LogP contribution is 2.46. The van der Waals surface area contributed by atoms with Crippen LogP contribution in [0.2, 0.25) is 0 Å². The Labute approximate surface area is 110 Å². The van der Waals surface area contributed by atoms with Crippen LogP contribution in [0.5, 0.6) is 5.75 Å². The molecule has 0 aliphatic carbocycles. The normalized spacial score (nSPS) is 17.6. The van der Waals surface area contributed by atoms with Crippen molar-refractivity contribution in [2.45, 2.75) is 20.0 Å². The number of hydrogen-bond acceptors (Lipinski definition) is 4. The number of rotatable bonds is 3. The van der Waals surface area contributed by atoms with E-state index in [0.29, 0.717) is 17.1 Å². The lowest BCUT2D eigenvalue weighted by Gasteiger charge is -2.22. The van der Waals surface area contributed by atoms with E-state index >= 15 is 0 Å². The molecule has 98 valence electrons. The number of aromatic carboxylic acids is 1. The lowest BCUT2D eigenvalue weighted by atomic mass is 10.1. The van der Waals surface area contributed by atoms with Gasteiger partial charge in [0.25, 0.3) is 0 Å². The van der Waals surface area contributed by atoms with Crippen LogP contribution < -0.4 is 14.5 Å². The van der Waals surface area contributed by atoms with Crippen molar-refractivity contribution in [3.8, 4) is 5.75 Å². The zero-order valence-corrected chi connectivity index (χ0v) is 11.2. The topological polar surface area (TPSA) is 61.8 Å². The number of carboxylic acid groups (broad SMARTS) is 1. The number of nitrogens with zero attached hydrogens (tertiary/aromatic N) is 1. The molecule has 0 saturated carbocycles. The molecule has 0 bridgehead atoms. The molecule has 0 amide bonds. The largest absolute Gasteiger partial charge is 0.494 e. The van der Waals surface area contributed by atoms with Crippen molar-refractivity contribution in [1.29, 1.82) is 0 Å². The van der Waals surface area contributed by atoms with E-state index in [0.717, 1.165) is 0 Å². The second-order valence-electron chi connectivity index (χ2n) is 4.49. The Morgan fingerprint density at radius 3 is 2.72 bits per heavy atom. The maximum Gasteiger partial charge on any atom is 0.337 e. The Morgan fingerprint density at radius 1 is 1.56 bits per heavy atom. The number of methoxy groups -OCH3 is 1. The van der Waals surface area contributed by atoms with E-state index in [9.17, 15) is 9.90 Å². The summed E-state index contributed by atoms with van der Waals surface area (Å²) in [4.78, 5) is 11.2. The van der Waals surface area contributed by atoms with Gasteiger partial charge in [-0.3, -0.25) is 4.42 Å². The molecule has 1 unspecified atom stereocenters. The second-order valence-corrected chi connectivity index (χ2v) is 4.85. The fourth-order valence-electron chi connectivity index (χ4n) is 2.05. The number of carboxylic acids is 1. The molecular weight excluding hydrogens is 256 g/mol. The smallest absolute Gasteiger partial charge is 0.337 e. The number of nitrogens with one attached hydrogen (secondary N) is 1. The fraction of sp³-hybridized carbons (Fsp3) is 0.417. The van der Waals surface area contributed by atoms with Gasteiger partial charge in [0.15, 0.2) is 0 Å². The average molecular weight is 271 g/mol. The predicted octanol–water partition coefficient (Wildman–Crippen LogP) is 2.76. The summed E-state index contributed by atoms with van der Waals surface area (Å²) in [6, 6.07) is 3.13. The molecule has 0 spiro atoms. The van der Waals surface area contributed by atoms with Gasteiger partial charge in [-0.1, -0.05) is 13.8 Å². The first-order valence-corrected chi connectivity index (χ1v) is 5.97. The van der Waals surface area contributed by atoms with Crippen molar-refractivity contribution in [3.05, 3.63) is 17.7 Å². The summed E-state index contributed by atoms with van der Waals surface area (Å²) < 4.78 is 6.74. The van der Waals surface area contributed by atoms with Crippen LogP contribution in [0.25, 0.3) is 0 Å². The van der Waals surface area contributed by atoms with E-state index in [1.54, 1.807) is 6.07 Å². The molecule has 0 saturated heterocycles. The Balaban J connectivity index is 2.57. The first-order valence-electron chi connectivity index (χ1n) is 5.63. The maximum atomic E-state index is 11.2. The highest BCUT2D eigenvalue weighted by Gasteiger charge is 2.35. The van der Waals surface area contributed by atoms with Gasteiger partial charge in [-0.25, -0.2) is 4.79 Å². The van der Waals surface area contributed by atoms with Crippen LogP contribution >= 0.6 is 11.8 Å². The van der Waals surface area contributed by atoms with Gasteiger partial charge >= 0.3 is 5.97 Å². The summed E-state index contributed by atoms with van der Waals surface area (Å²) in [5.74, 6) is -0.210. The van der Waals surface area contributed by atoms with Gasteiger partial charge in [-0.2, -0.15) is 0 Å². The first-order chi connectivity index (χ1) is 8.47. The zero-order valence-electron chi connectivity index (χ0n) is 10.4. The summed E-state index contributed by atoms with van der Waals surface area (Å²) in [5, 5.41) is 12.3. The van der Waals surface area contributed by atoms with Crippen molar-refractivity contribution in [3.63, 3.8) is 0 Å². The minimum absolute atomic E-state index is 0.156. The predicted molar refractivity (Wildman–Crippen MR) is 70.5 cm³/mol. The van der Waals surface area contributed by atoms with Crippen molar-refractivity contribution in [1.82, 2.24) is 0 Å². The number of anilines is 2. The quantitative estimate of drug-likeness (QED) is 0.827. The summed E-state index contributed by atoms with van der Waals surface area (Å²) in [6.07, 6.45) is -0.156. The Hall–Kier alpha value is -1.62. The monoisotopic (exact) mass is 270 g/mol. The number of hydrogen-bond donors (Lipinski definition) is 2. The van der Waals surface area contributed by atoms with Gasteiger partial charge in [-0.15, -0.1) is 0 Å². The van der Waals surface area contributed by atoms with Crippen molar-refractivity contribution >= 4 is 29.1 Å². The molecule has 1 heterocycles. The molecule has 5 nitrogen and oxygen atoms in total. The number of benzene rings is 1. The molecule has 0 aromatic heterocycles. The summed E-state index contributed by atoms with van der Waals surface area (Å²) in [6.45, 7) is 4.01. The summed E-state index contributed by atoms with van der Waals surface area (Å²) in [5.41, 5.74) is 1.29. The van der Waals surface area contributed by atoms with Crippen LogP contribution in [0, 0.1) is 5.92 Å². The third kappa shape index (κ3) is 1.84. The highest BCUT2D eigenvalue weighted by atomic mass is 35.5. The molecule has 1 aromatic rings. The molecule has 2 rings (SSSR count). The van der Waals surface area contributed by atoms with Gasteiger partial charge in [-0.05, 0) is 18.1 Å². The third-order valence-corrected chi connectivity index (χ3v) is 3.35. The fourth-order valence-corrected chi connectivity index (χ4v) is 2.49. The third-order valence-electron chi connectivity index (χ3n) is 2.97. The van der Waals surface area contributed by atoms with E-state index in [1.807, 2.05) is 13.8 Å². The maximum absolute atomic E-state index is 11.2. The zero-order chi connectivity index (χ0) is 13.4. The molecule has 2 N–H and O–H groups in total. The number of fused-ring (bicyclic) bond motifs is 1. The molecule has 1 aromatic carbocycles. The first kappa shape index (κ1) is 12.8. The standard InChI is InChI=1S/C12H15ClN2O3/c1-6(2)11-14-9-7(12(16)17)4-5-8(18-3)10(9)15(11)13/h4-6,11,14H,1-3H3,(H,16,17). The Kier molecular flexibility index (Phi) is 3.26. The van der Waals surface area contributed by atoms with Gasteiger partial charge in [0.05, 0.1) is 18.4 Å². The molecule has 18 heavy (non-hydrogen) atoms. The lowest BCUT2D eigenvalue weighted by Crippen LogP contribution is -2.33.